The first-order chi connectivity index (χ1) is 12.6. The number of unbranched alkanes of at least 4 members (excludes halogenated alkanes) is 1. The smallest absolute Gasteiger partial charge is 0.232 e. The number of nitrogens with zero attached hydrogens (tertiary/aromatic N) is 5. The van der Waals surface area contributed by atoms with Gasteiger partial charge in [-0.2, -0.15) is 0 Å². The fourth-order valence-corrected chi connectivity index (χ4v) is 3.11. The van der Waals surface area contributed by atoms with Gasteiger partial charge >= 0.3 is 0 Å². The minimum absolute atomic E-state index is 0.632. The second-order valence-corrected chi connectivity index (χ2v) is 6.90. The summed E-state index contributed by atoms with van der Waals surface area (Å²) in [6.45, 7) is 12.1. The molecule has 3 rings (SSSR count). The lowest BCUT2D eigenvalue weighted by molar-refractivity contribution is 0.236. The van der Waals surface area contributed by atoms with Crippen molar-refractivity contribution < 1.29 is 4.74 Å². The van der Waals surface area contributed by atoms with E-state index in [1.165, 1.54) is 0 Å². The van der Waals surface area contributed by atoms with E-state index in [9.17, 15) is 0 Å². The van der Waals surface area contributed by atoms with Crippen LogP contribution in [0.2, 0.25) is 0 Å². The zero-order valence-electron chi connectivity index (χ0n) is 16.1. The molecular formula is C20H29N5O. The first-order valence-corrected chi connectivity index (χ1v) is 9.46. The molecular weight excluding hydrogens is 326 g/mol. The highest BCUT2D eigenvalue weighted by molar-refractivity contribution is 5.39. The number of rotatable bonds is 7. The minimum atomic E-state index is 0.632. The second kappa shape index (κ2) is 8.94. The van der Waals surface area contributed by atoms with E-state index < -0.39 is 0 Å². The van der Waals surface area contributed by atoms with Crippen molar-refractivity contribution in [3.05, 3.63) is 41.5 Å². The van der Waals surface area contributed by atoms with Crippen LogP contribution in [-0.4, -0.2) is 59.2 Å². The van der Waals surface area contributed by atoms with Crippen molar-refractivity contribution in [1.82, 2.24) is 19.9 Å². The van der Waals surface area contributed by atoms with Gasteiger partial charge in [-0.25, -0.2) is 9.97 Å². The van der Waals surface area contributed by atoms with Gasteiger partial charge in [0.1, 0.15) is 5.82 Å². The molecule has 3 heterocycles. The van der Waals surface area contributed by atoms with Gasteiger partial charge in [-0.1, -0.05) is 6.07 Å². The summed E-state index contributed by atoms with van der Waals surface area (Å²) in [4.78, 5) is 18.2. The largest absolute Gasteiger partial charge is 0.477 e. The molecule has 140 valence electrons. The lowest BCUT2D eigenvalue weighted by atomic mass is 10.2. The van der Waals surface area contributed by atoms with Crippen LogP contribution in [0.15, 0.2) is 24.4 Å². The monoisotopic (exact) mass is 355 g/mol. The predicted molar refractivity (Wildman–Crippen MR) is 104 cm³/mol. The molecule has 0 radical (unpaired) electrons. The Labute approximate surface area is 156 Å². The summed E-state index contributed by atoms with van der Waals surface area (Å²) in [5.74, 6) is 1.74. The zero-order valence-corrected chi connectivity index (χ0v) is 16.1. The van der Waals surface area contributed by atoms with E-state index in [2.05, 4.69) is 36.9 Å². The molecule has 26 heavy (non-hydrogen) atoms. The minimum Gasteiger partial charge on any atom is -0.477 e. The lowest BCUT2D eigenvalue weighted by Gasteiger charge is -2.35. The van der Waals surface area contributed by atoms with Gasteiger partial charge < -0.3 is 9.64 Å². The first kappa shape index (κ1) is 18.6. The summed E-state index contributed by atoms with van der Waals surface area (Å²) in [6.07, 6.45) is 3.89. The van der Waals surface area contributed by atoms with Gasteiger partial charge in [0.05, 0.1) is 24.2 Å². The van der Waals surface area contributed by atoms with E-state index >= 15 is 0 Å². The van der Waals surface area contributed by atoms with E-state index in [1.807, 2.05) is 26.8 Å². The van der Waals surface area contributed by atoms with Crippen LogP contribution in [0.3, 0.4) is 0 Å². The summed E-state index contributed by atoms with van der Waals surface area (Å²) >= 11 is 0. The number of anilines is 1. The molecule has 1 aliphatic rings. The normalized spacial score (nSPS) is 15.3. The van der Waals surface area contributed by atoms with E-state index in [0.29, 0.717) is 12.5 Å². The van der Waals surface area contributed by atoms with E-state index in [1.54, 1.807) is 6.20 Å². The highest BCUT2D eigenvalue weighted by Crippen LogP contribution is 2.14. The fraction of sp³-hybridized carbons (Fsp3) is 0.550. The molecule has 0 N–H and O–H groups in total. The number of hydrogen-bond acceptors (Lipinski definition) is 6. The van der Waals surface area contributed by atoms with Crippen LogP contribution < -0.4 is 9.64 Å². The topological polar surface area (TPSA) is 54.4 Å². The summed E-state index contributed by atoms with van der Waals surface area (Å²) in [5, 5.41) is 0. The van der Waals surface area contributed by atoms with Gasteiger partial charge in [-0.05, 0) is 52.3 Å². The Balaban J connectivity index is 1.32. The Hall–Kier alpha value is -2.21. The maximum Gasteiger partial charge on any atom is 0.232 e. The maximum atomic E-state index is 5.71. The van der Waals surface area contributed by atoms with Gasteiger partial charge in [0, 0.05) is 31.9 Å². The molecule has 1 saturated heterocycles. The highest BCUT2D eigenvalue weighted by atomic mass is 16.5. The summed E-state index contributed by atoms with van der Waals surface area (Å²) in [7, 11) is 0. The number of aromatic nitrogens is 3. The molecule has 0 amide bonds. The van der Waals surface area contributed by atoms with Crippen LogP contribution in [0, 0.1) is 20.8 Å². The Morgan fingerprint density at radius 2 is 1.77 bits per heavy atom. The third-order valence-corrected chi connectivity index (χ3v) is 4.86. The Bertz CT molecular complexity index is 713. The van der Waals surface area contributed by atoms with Crippen LogP contribution in [0.5, 0.6) is 5.88 Å². The number of pyridine rings is 1. The third kappa shape index (κ3) is 5.14. The van der Waals surface area contributed by atoms with Gasteiger partial charge in [-0.15, -0.1) is 0 Å². The SMILES string of the molecule is Cc1cccc(N2CCN(CCCCOc3cnc(C)c(C)n3)CC2)n1. The van der Waals surface area contributed by atoms with Crippen LogP contribution in [-0.2, 0) is 0 Å². The van der Waals surface area contributed by atoms with E-state index in [0.717, 1.165) is 68.5 Å². The van der Waals surface area contributed by atoms with Crippen LogP contribution in [0.1, 0.15) is 29.9 Å². The van der Waals surface area contributed by atoms with E-state index in [-0.39, 0.29) is 0 Å². The quantitative estimate of drug-likeness (QED) is 0.712. The van der Waals surface area contributed by atoms with Gasteiger partial charge in [0.25, 0.3) is 0 Å². The molecule has 1 aliphatic heterocycles. The Kier molecular flexibility index (Phi) is 6.39. The lowest BCUT2D eigenvalue weighted by Crippen LogP contribution is -2.47. The van der Waals surface area contributed by atoms with E-state index in [4.69, 9.17) is 4.74 Å². The zero-order chi connectivity index (χ0) is 18.4. The number of piperazine rings is 1. The Morgan fingerprint density at radius 1 is 0.962 bits per heavy atom. The summed E-state index contributed by atoms with van der Waals surface area (Å²) in [6, 6.07) is 6.24. The molecule has 6 nitrogen and oxygen atoms in total. The van der Waals surface area contributed by atoms with Crippen molar-refractivity contribution in [1.29, 1.82) is 0 Å². The third-order valence-electron chi connectivity index (χ3n) is 4.86. The summed E-state index contributed by atoms with van der Waals surface area (Å²) < 4.78 is 5.71. The average molecular weight is 355 g/mol. The van der Waals surface area contributed by atoms with Crippen molar-refractivity contribution in [2.75, 3.05) is 44.2 Å². The molecule has 6 heteroatoms. The van der Waals surface area contributed by atoms with Gasteiger partial charge in [-0.3, -0.25) is 9.88 Å². The molecule has 0 spiro atoms. The van der Waals surface area contributed by atoms with Gasteiger partial charge in [0.2, 0.25) is 5.88 Å². The molecule has 0 atom stereocenters. The fourth-order valence-electron chi connectivity index (χ4n) is 3.11. The average Bonchev–Trinajstić information content (AvgIpc) is 2.65. The number of hydrogen-bond donors (Lipinski definition) is 0. The number of aryl methyl sites for hydroxylation is 3. The van der Waals surface area contributed by atoms with Crippen molar-refractivity contribution in [3.8, 4) is 5.88 Å². The summed E-state index contributed by atoms with van der Waals surface area (Å²) in [5.41, 5.74) is 2.97. The Morgan fingerprint density at radius 3 is 2.50 bits per heavy atom. The van der Waals surface area contributed by atoms with Crippen molar-refractivity contribution in [2.45, 2.75) is 33.6 Å². The molecule has 2 aromatic rings. The standard InChI is InChI=1S/C20H29N5O/c1-16-7-6-8-19(22-16)25-12-10-24(11-13-25)9-4-5-14-26-20-15-21-17(2)18(3)23-20/h6-8,15H,4-5,9-14H2,1-3H3. The van der Waals surface area contributed by atoms with Crippen molar-refractivity contribution >= 4 is 5.82 Å². The van der Waals surface area contributed by atoms with Crippen molar-refractivity contribution in [2.24, 2.45) is 0 Å². The molecule has 2 aromatic heterocycles. The molecule has 0 bridgehead atoms. The van der Waals surface area contributed by atoms with Crippen LogP contribution in [0.25, 0.3) is 0 Å². The van der Waals surface area contributed by atoms with Crippen LogP contribution >= 0.6 is 0 Å². The maximum absolute atomic E-state index is 5.71. The van der Waals surface area contributed by atoms with Gasteiger partial charge in [0.15, 0.2) is 0 Å². The molecule has 0 unspecified atom stereocenters. The molecule has 0 aromatic carbocycles. The molecule has 0 aliphatic carbocycles. The molecule has 0 saturated carbocycles. The first-order valence-electron chi connectivity index (χ1n) is 9.46. The second-order valence-electron chi connectivity index (χ2n) is 6.90. The van der Waals surface area contributed by atoms with Crippen molar-refractivity contribution in [3.63, 3.8) is 0 Å². The predicted octanol–water partition coefficient (Wildman–Crippen LogP) is 2.78. The van der Waals surface area contributed by atoms with Crippen LogP contribution in [0.4, 0.5) is 5.82 Å². The highest BCUT2D eigenvalue weighted by Gasteiger charge is 2.17. The number of ether oxygens (including phenoxy) is 1. The molecule has 1 fully saturated rings.